The molecule has 1 N–H and O–H groups in total. The van der Waals surface area contributed by atoms with E-state index in [2.05, 4.69) is 0 Å². The third-order valence-electron chi connectivity index (χ3n) is 3.05. The standard InChI is InChI=1S/C12H14ClFO3/c1-16-10-7-8(13)6-9(11(10)14)12(15)2-4-17-5-3-12/h6-7,15H,2-5H2,1H3. The van der Waals surface area contributed by atoms with Crippen LogP contribution in [0.3, 0.4) is 0 Å². The second-order valence-electron chi connectivity index (χ2n) is 4.11. The molecule has 0 aliphatic carbocycles. The van der Waals surface area contributed by atoms with E-state index >= 15 is 0 Å². The van der Waals surface area contributed by atoms with E-state index in [1.54, 1.807) is 0 Å². The molecule has 5 heteroatoms. The van der Waals surface area contributed by atoms with Crippen LogP contribution in [0.15, 0.2) is 12.1 Å². The Hall–Kier alpha value is -0.840. The van der Waals surface area contributed by atoms with Gasteiger partial charge in [0.2, 0.25) is 0 Å². The van der Waals surface area contributed by atoms with E-state index in [1.807, 2.05) is 0 Å². The van der Waals surface area contributed by atoms with E-state index < -0.39 is 11.4 Å². The summed E-state index contributed by atoms with van der Waals surface area (Å²) in [5.41, 5.74) is -1.04. The number of aliphatic hydroxyl groups is 1. The first-order valence-electron chi connectivity index (χ1n) is 5.40. The van der Waals surface area contributed by atoms with Crippen molar-refractivity contribution in [3.8, 4) is 5.75 Å². The van der Waals surface area contributed by atoms with Crippen molar-refractivity contribution in [3.05, 3.63) is 28.5 Å². The van der Waals surface area contributed by atoms with Crippen molar-refractivity contribution >= 4 is 11.6 Å². The summed E-state index contributed by atoms with van der Waals surface area (Å²) in [6.07, 6.45) is 0.709. The molecule has 1 fully saturated rings. The Balaban J connectivity index is 2.46. The van der Waals surface area contributed by atoms with E-state index in [-0.39, 0.29) is 11.3 Å². The first-order chi connectivity index (χ1) is 8.07. The van der Waals surface area contributed by atoms with Crippen LogP contribution in [0.2, 0.25) is 5.02 Å². The first kappa shape index (κ1) is 12.6. The summed E-state index contributed by atoms with van der Waals surface area (Å²) in [6, 6.07) is 2.84. The second kappa shape index (κ2) is 4.80. The molecule has 3 nitrogen and oxygen atoms in total. The van der Waals surface area contributed by atoms with Gasteiger partial charge in [0.05, 0.1) is 12.7 Å². The van der Waals surface area contributed by atoms with Crippen LogP contribution in [0.5, 0.6) is 5.75 Å². The number of rotatable bonds is 2. The molecule has 0 unspecified atom stereocenters. The molecule has 0 aromatic heterocycles. The van der Waals surface area contributed by atoms with Crippen molar-refractivity contribution in [1.29, 1.82) is 0 Å². The highest BCUT2D eigenvalue weighted by Gasteiger charge is 2.35. The molecule has 0 spiro atoms. The molecule has 2 rings (SSSR count). The van der Waals surface area contributed by atoms with Gasteiger partial charge in [-0.25, -0.2) is 4.39 Å². The fourth-order valence-corrected chi connectivity index (χ4v) is 2.24. The summed E-state index contributed by atoms with van der Waals surface area (Å²) < 4.78 is 24.2. The third kappa shape index (κ3) is 2.39. The first-order valence-corrected chi connectivity index (χ1v) is 5.78. The largest absolute Gasteiger partial charge is 0.494 e. The minimum Gasteiger partial charge on any atom is -0.494 e. The predicted molar refractivity (Wildman–Crippen MR) is 61.9 cm³/mol. The Labute approximate surface area is 104 Å². The molecule has 1 aliphatic heterocycles. The smallest absolute Gasteiger partial charge is 0.171 e. The quantitative estimate of drug-likeness (QED) is 0.888. The van der Waals surface area contributed by atoms with Crippen molar-refractivity contribution in [1.82, 2.24) is 0 Å². The van der Waals surface area contributed by atoms with Crippen LogP contribution in [0.1, 0.15) is 18.4 Å². The lowest BCUT2D eigenvalue weighted by Gasteiger charge is -2.33. The topological polar surface area (TPSA) is 38.7 Å². The zero-order valence-electron chi connectivity index (χ0n) is 9.50. The van der Waals surface area contributed by atoms with E-state index in [9.17, 15) is 9.50 Å². The lowest BCUT2D eigenvalue weighted by molar-refractivity contribution is -0.0699. The van der Waals surface area contributed by atoms with Crippen LogP contribution in [-0.2, 0) is 10.3 Å². The van der Waals surface area contributed by atoms with Gasteiger partial charge in [-0.1, -0.05) is 11.6 Å². The summed E-state index contributed by atoms with van der Waals surface area (Å²) in [7, 11) is 1.37. The molecule has 1 aromatic carbocycles. The molecular formula is C12H14ClFO3. The Kier molecular flexibility index (Phi) is 3.56. The molecule has 17 heavy (non-hydrogen) atoms. The molecule has 0 atom stereocenters. The lowest BCUT2D eigenvalue weighted by Crippen LogP contribution is -2.34. The molecule has 0 bridgehead atoms. The van der Waals surface area contributed by atoms with Gasteiger partial charge in [-0.2, -0.15) is 0 Å². The van der Waals surface area contributed by atoms with Gasteiger partial charge in [-0.15, -0.1) is 0 Å². The normalized spacial score (nSPS) is 19.1. The lowest BCUT2D eigenvalue weighted by atomic mass is 9.86. The average Bonchev–Trinajstić information content (AvgIpc) is 2.32. The van der Waals surface area contributed by atoms with Gasteiger partial charge in [0.15, 0.2) is 11.6 Å². The number of benzene rings is 1. The van der Waals surface area contributed by atoms with E-state index in [1.165, 1.54) is 19.2 Å². The Bertz CT molecular complexity index is 416. The van der Waals surface area contributed by atoms with Crippen LogP contribution in [0.4, 0.5) is 4.39 Å². The number of hydrogen-bond acceptors (Lipinski definition) is 3. The van der Waals surface area contributed by atoms with Crippen molar-refractivity contribution in [2.45, 2.75) is 18.4 Å². The number of ether oxygens (including phenoxy) is 2. The molecule has 0 radical (unpaired) electrons. The van der Waals surface area contributed by atoms with E-state index in [4.69, 9.17) is 21.1 Å². The molecule has 1 aromatic rings. The van der Waals surface area contributed by atoms with Gasteiger partial charge in [0, 0.05) is 42.7 Å². The van der Waals surface area contributed by atoms with Gasteiger partial charge in [0.25, 0.3) is 0 Å². The van der Waals surface area contributed by atoms with Crippen LogP contribution in [-0.4, -0.2) is 25.4 Å². The Morgan fingerprint density at radius 1 is 1.41 bits per heavy atom. The van der Waals surface area contributed by atoms with Crippen molar-refractivity contribution in [2.75, 3.05) is 20.3 Å². The zero-order valence-corrected chi connectivity index (χ0v) is 10.3. The fourth-order valence-electron chi connectivity index (χ4n) is 2.03. The van der Waals surface area contributed by atoms with Gasteiger partial charge < -0.3 is 14.6 Å². The summed E-state index contributed by atoms with van der Waals surface area (Å²) in [4.78, 5) is 0. The molecule has 94 valence electrons. The highest BCUT2D eigenvalue weighted by molar-refractivity contribution is 6.30. The van der Waals surface area contributed by atoms with Crippen LogP contribution >= 0.6 is 11.6 Å². The molecular weight excluding hydrogens is 247 g/mol. The minimum atomic E-state index is -1.22. The zero-order chi connectivity index (χ0) is 12.5. The maximum Gasteiger partial charge on any atom is 0.171 e. The molecule has 0 amide bonds. The third-order valence-corrected chi connectivity index (χ3v) is 3.26. The molecule has 1 saturated heterocycles. The van der Waals surface area contributed by atoms with E-state index in [0.717, 1.165) is 0 Å². The van der Waals surface area contributed by atoms with Gasteiger partial charge >= 0.3 is 0 Å². The van der Waals surface area contributed by atoms with Crippen LogP contribution in [0.25, 0.3) is 0 Å². The fraction of sp³-hybridized carbons (Fsp3) is 0.500. The Morgan fingerprint density at radius 2 is 2.06 bits per heavy atom. The average molecular weight is 261 g/mol. The maximum atomic E-state index is 14.1. The minimum absolute atomic E-state index is 0.0485. The summed E-state index contributed by atoms with van der Waals surface area (Å²) in [6.45, 7) is 0.815. The van der Waals surface area contributed by atoms with Crippen molar-refractivity contribution in [3.63, 3.8) is 0 Å². The van der Waals surface area contributed by atoms with Crippen molar-refractivity contribution < 1.29 is 19.0 Å². The predicted octanol–water partition coefficient (Wildman–Crippen LogP) is 2.49. The monoisotopic (exact) mass is 260 g/mol. The highest BCUT2D eigenvalue weighted by atomic mass is 35.5. The SMILES string of the molecule is COc1cc(Cl)cc(C2(O)CCOCC2)c1F. The molecule has 0 saturated carbocycles. The highest BCUT2D eigenvalue weighted by Crippen LogP contribution is 2.38. The van der Waals surface area contributed by atoms with Crippen LogP contribution < -0.4 is 4.74 Å². The molecule has 1 heterocycles. The van der Waals surface area contributed by atoms with Crippen LogP contribution in [0, 0.1) is 5.82 Å². The molecule has 1 aliphatic rings. The number of halogens is 2. The second-order valence-corrected chi connectivity index (χ2v) is 4.55. The maximum absolute atomic E-state index is 14.1. The van der Waals surface area contributed by atoms with Gasteiger partial charge in [-0.05, 0) is 6.07 Å². The summed E-state index contributed by atoms with van der Waals surface area (Å²) >= 11 is 5.89. The van der Waals surface area contributed by atoms with Gasteiger partial charge in [-0.3, -0.25) is 0 Å². The summed E-state index contributed by atoms with van der Waals surface area (Å²) in [5.74, 6) is -0.506. The van der Waals surface area contributed by atoms with Crippen molar-refractivity contribution in [2.24, 2.45) is 0 Å². The summed E-state index contributed by atoms with van der Waals surface area (Å²) in [5, 5.41) is 10.8. The number of methoxy groups -OCH3 is 1. The van der Waals surface area contributed by atoms with E-state index in [0.29, 0.717) is 31.1 Å². The Morgan fingerprint density at radius 3 is 2.65 bits per heavy atom. The van der Waals surface area contributed by atoms with Gasteiger partial charge in [0.1, 0.15) is 0 Å². The number of hydrogen-bond donors (Lipinski definition) is 1.